The number of aryl methyl sites for hydroxylation is 1. The zero-order valence-corrected chi connectivity index (χ0v) is 17.8. The summed E-state index contributed by atoms with van der Waals surface area (Å²) in [5.41, 5.74) is 2.77. The van der Waals surface area contributed by atoms with Gasteiger partial charge in [0.2, 0.25) is 5.91 Å². The van der Waals surface area contributed by atoms with Crippen LogP contribution in [0, 0.1) is 6.92 Å². The van der Waals surface area contributed by atoms with Gasteiger partial charge < -0.3 is 9.80 Å². The molecule has 0 atom stereocenters. The molecule has 0 aliphatic carbocycles. The number of piperazine rings is 1. The standard InChI is InChI=1S/C22H28N4O2S/c1-17-5-7-18(8-6-17)21-23-19(16-29-21)22(28)26-13-11-24(12-14-26)15-20(27)25-9-3-2-4-10-25/h5-8,16H,2-4,9-15H2,1H3. The molecule has 4 rings (SSSR count). The first-order valence-corrected chi connectivity index (χ1v) is 11.3. The highest BCUT2D eigenvalue weighted by atomic mass is 32.1. The number of thiazole rings is 1. The number of piperidine rings is 1. The quantitative estimate of drug-likeness (QED) is 0.775. The predicted molar refractivity (Wildman–Crippen MR) is 115 cm³/mol. The van der Waals surface area contributed by atoms with Crippen molar-refractivity contribution in [1.29, 1.82) is 0 Å². The average Bonchev–Trinajstić information content (AvgIpc) is 3.25. The molecule has 6 nitrogen and oxygen atoms in total. The van der Waals surface area contributed by atoms with E-state index in [1.165, 1.54) is 23.3 Å². The number of nitrogens with zero attached hydrogens (tertiary/aromatic N) is 4. The van der Waals surface area contributed by atoms with Crippen LogP contribution in [-0.2, 0) is 4.79 Å². The molecular weight excluding hydrogens is 384 g/mol. The van der Waals surface area contributed by atoms with Gasteiger partial charge in [0, 0.05) is 50.2 Å². The number of likely N-dealkylation sites (tertiary alicyclic amines) is 1. The van der Waals surface area contributed by atoms with E-state index in [-0.39, 0.29) is 11.8 Å². The van der Waals surface area contributed by atoms with E-state index in [9.17, 15) is 9.59 Å². The Morgan fingerprint density at radius 2 is 1.62 bits per heavy atom. The molecule has 3 heterocycles. The molecule has 29 heavy (non-hydrogen) atoms. The second-order valence-corrected chi connectivity index (χ2v) is 8.77. The molecule has 1 aromatic carbocycles. The largest absolute Gasteiger partial charge is 0.342 e. The van der Waals surface area contributed by atoms with Gasteiger partial charge in [0.05, 0.1) is 6.54 Å². The topological polar surface area (TPSA) is 56.8 Å². The second-order valence-electron chi connectivity index (χ2n) is 7.91. The summed E-state index contributed by atoms with van der Waals surface area (Å²) in [6, 6.07) is 8.20. The maximum absolute atomic E-state index is 12.9. The van der Waals surface area contributed by atoms with Crippen molar-refractivity contribution in [2.24, 2.45) is 0 Å². The van der Waals surface area contributed by atoms with Crippen molar-refractivity contribution in [3.63, 3.8) is 0 Å². The van der Waals surface area contributed by atoms with Crippen LogP contribution < -0.4 is 0 Å². The van der Waals surface area contributed by atoms with Gasteiger partial charge >= 0.3 is 0 Å². The second kappa shape index (κ2) is 9.05. The van der Waals surface area contributed by atoms with Gasteiger partial charge in [0.15, 0.2) is 0 Å². The van der Waals surface area contributed by atoms with Gasteiger partial charge in [0.1, 0.15) is 10.7 Å². The molecule has 1 aromatic heterocycles. The minimum absolute atomic E-state index is 0.0124. The molecule has 0 radical (unpaired) electrons. The van der Waals surface area contributed by atoms with E-state index >= 15 is 0 Å². The van der Waals surface area contributed by atoms with Crippen LogP contribution in [0.4, 0.5) is 0 Å². The lowest BCUT2D eigenvalue weighted by Gasteiger charge is -2.35. The molecule has 2 aromatic rings. The Morgan fingerprint density at radius 3 is 2.31 bits per heavy atom. The van der Waals surface area contributed by atoms with E-state index in [4.69, 9.17) is 0 Å². The number of hydrogen-bond acceptors (Lipinski definition) is 5. The van der Waals surface area contributed by atoms with Crippen molar-refractivity contribution in [3.8, 4) is 10.6 Å². The van der Waals surface area contributed by atoms with Crippen molar-refractivity contribution in [2.45, 2.75) is 26.2 Å². The fourth-order valence-electron chi connectivity index (χ4n) is 3.91. The first-order chi connectivity index (χ1) is 14.1. The van der Waals surface area contributed by atoms with Crippen LogP contribution in [0.5, 0.6) is 0 Å². The zero-order valence-electron chi connectivity index (χ0n) is 17.0. The number of rotatable bonds is 4. The van der Waals surface area contributed by atoms with E-state index in [0.29, 0.717) is 25.3 Å². The van der Waals surface area contributed by atoms with Crippen molar-refractivity contribution < 1.29 is 9.59 Å². The molecule has 2 amide bonds. The highest BCUT2D eigenvalue weighted by molar-refractivity contribution is 7.13. The summed E-state index contributed by atoms with van der Waals surface area (Å²) in [7, 11) is 0. The van der Waals surface area contributed by atoms with Gasteiger partial charge in [-0.15, -0.1) is 11.3 Å². The molecule has 2 fully saturated rings. The average molecular weight is 413 g/mol. The number of aromatic nitrogens is 1. The lowest BCUT2D eigenvalue weighted by atomic mass is 10.1. The van der Waals surface area contributed by atoms with Crippen LogP contribution in [0.15, 0.2) is 29.6 Å². The van der Waals surface area contributed by atoms with Crippen LogP contribution in [0.2, 0.25) is 0 Å². The number of benzene rings is 1. The summed E-state index contributed by atoms with van der Waals surface area (Å²) in [6.07, 6.45) is 3.46. The third-order valence-corrected chi connectivity index (χ3v) is 6.64. The molecule has 0 saturated carbocycles. The maximum atomic E-state index is 12.9. The lowest BCUT2D eigenvalue weighted by molar-refractivity contribution is -0.133. The van der Waals surface area contributed by atoms with Crippen LogP contribution >= 0.6 is 11.3 Å². The summed E-state index contributed by atoms with van der Waals surface area (Å²) in [4.78, 5) is 35.9. The normalized spacial score (nSPS) is 18.1. The molecule has 0 unspecified atom stereocenters. The fraction of sp³-hybridized carbons (Fsp3) is 0.500. The molecule has 2 aliphatic rings. The molecule has 0 bridgehead atoms. The third-order valence-electron chi connectivity index (χ3n) is 5.75. The van der Waals surface area contributed by atoms with Gasteiger partial charge in [-0.05, 0) is 26.2 Å². The lowest BCUT2D eigenvalue weighted by Crippen LogP contribution is -2.52. The van der Waals surface area contributed by atoms with E-state index in [1.807, 2.05) is 27.3 Å². The highest BCUT2D eigenvalue weighted by Crippen LogP contribution is 2.24. The van der Waals surface area contributed by atoms with Gasteiger partial charge in [-0.1, -0.05) is 29.8 Å². The molecule has 0 spiro atoms. The molecule has 0 N–H and O–H groups in total. The maximum Gasteiger partial charge on any atom is 0.273 e. The monoisotopic (exact) mass is 412 g/mol. The summed E-state index contributed by atoms with van der Waals surface area (Å²) >= 11 is 1.51. The fourth-order valence-corrected chi connectivity index (χ4v) is 4.71. The van der Waals surface area contributed by atoms with Crippen LogP contribution in [0.3, 0.4) is 0 Å². The Hall–Kier alpha value is -2.25. The number of hydrogen-bond donors (Lipinski definition) is 0. The van der Waals surface area contributed by atoms with E-state index in [2.05, 4.69) is 28.9 Å². The number of carbonyl (C=O) groups excluding carboxylic acids is 2. The zero-order chi connectivity index (χ0) is 20.2. The van der Waals surface area contributed by atoms with E-state index < -0.39 is 0 Å². The summed E-state index contributed by atoms with van der Waals surface area (Å²) in [5, 5.41) is 2.73. The van der Waals surface area contributed by atoms with Gasteiger partial charge in [-0.3, -0.25) is 14.5 Å². The molecule has 2 saturated heterocycles. The van der Waals surface area contributed by atoms with Gasteiger partial charge in [-0.25, -0.2) is 4.98 Å². The summed E-state index contributed by atoms with van der Waals surface area (Å²) < 4.78 is 0. The molecule has 154 valence electrons. The smallest absolute Gasteiger partial charge is 0.273 e. The van der Waals surface area contributed by atoms with Gasteiger partial charge in [0.25, 0.3) is 5.91 Å². The van der Waals surface area contributed by atoms with Crippen LogP contribution in [-0.4, -0.2) is 77.3 Å². The van der Waals surface area contributed by atoms with Crippen LogP contribution in [0.25, 0.3) is 10.6 Å². The van der Waals surface area contributed by atoms with Crippen molar-refractivity contribution in [2.75, 3.05) is 45.8 Å². The third kappa shape index (κ3) is 4.85. The molecular formula is C22H28N4O2S. The Morgan fingerprint density at radius 1 is 0.931 bits per heavy atom. The number of carbonyl (C=O) groups is 2. The number of amides is 2. The minimum Gasteiger partial charge on any atom is -0.342 e. The van der Waals surface area contributed by atoms with E-state index in [1.54, 1.807) is 0 Å². The Bertz CT molecular complexity index is 850. The molecule has 2 aliphatic heterocycles. The van der Waals surface area contributed by atoms with Gasteiger partial charge in [-0.2, -0.15) is 0 Å². The first kappa shape index (κ1) is 20.0. The summed E-state index contributed by atoms with van der Waals surface area (Å²) in [5.74, 6) is 0.216. The van der Waals surface area contributed by atoms with Crippen molar-refractivity contribution in [1.82, 2.24) is 19.7 Å². The highest BCUT2D eigenvalue weighted by Gasteiger charge is 2.26. The molecule has 7 heteroatoms. The predicted octanol–water partition coefficient (Wildman–Crippen LogP) is 2.89. The van der Waals surface area contributed by atoms with Crippen LogP contribution in [0.1, 0.15) is 35.3 Å². The Labute approximate surface area is 176 Å². The minimum atomic E-state index is -0.0124. The Kier molecular flexibility index (Phi) is 6.25. The van der Waals surface area contributed by atoms with Crippen molar-refractivity contribution in [3.05, 3.63) is 40.9 Å². The first-order valence-electron chi connectivity index (χ1n) is 10.4. The SMILES string of the molecule is Cc1ccc(-c2nc(C(=O)N3CCN(CC(=O)N4CCCCC4)CC3)cs2)cc1. The Balaban J connectivity index is 1.30. The van der Waals surface area contributed by atoms with Crippen molar-refractivity contribution >= 4 is 23.2 Å². The summed E-state index contributed by atoms with van der Waals surface area (Å²) in [6.45, 7) is 7.07. The van der Waals surface area contributed by atoms with E-state index in [0.717, 1.165) is 49.6 Å².